The molecule has 1 aliphatic rings. The van der Waals surface area contributed by atoms with Gasteiger partial charge in [-0.15, -0.1) is 0 Å². The molecule has 0 spiro atoms. The zero-order valence-electron chi connectivity index (χ0n) is 7.46. The fourth-order valence-corrected chi connectivity index (χ4v) is 2.27. The summed E-state index contributed by atoms with van der Waals surface area (Å²) in [4.78, 5) is 0. The fourth-order valence-electron chi connectivity index (χ4n) is 1.22. The second kappa shape index (κ2) is 3.36. The van der Waals surface area contributed by atoms with Gasteiger partial charge in [-0.05, 0) is 20.8 Å². The van der Waals surface area contributed by atoms with E-state index in [0.29, 0.717) is 0 Å². The van der Waals surface area contributed by atoms with E-state index in [0.717, 1.165) is 6.42 Å². The van der Waals surface area contributed by atoms with Gasteiger partial charge in [-0.25, -0.2) is 0 Å². The van der Waals surface area contributed by atoms with Crippen molar-refractivity contribution < 1.29 is 13.6 Å². The fraction of sp³-hybridized carbons (Fsp3) is 1.00. The van der Waals surface area contributed by atoms with Crippen molar-refractivity contribution >= 4 is 8.60 Å². The SMILES string of the molecule is CO[P@@]1O[C@H](C)CC(C)(C)O1. The largest absolute Gasteiger partial charge is 0.333 e. The average Bonchev–Trinajstić information content (AvgIpc) is 1.83. The summed E-state index contributed by atoms with van der Waals surface area (Å²) in [6.07, 6.45) is 1.17. The van der Waals surface area contributed by atoms with E-state index in [2.05, 4.69) is 13.8 Å². The van der Waals surface area contributed by atoms with Crippen LogP contribution in [0.2, 0.25) is 0 Å². The highest BCUT2D eigenvalue weighted by Gasteiger charge is 2.34. The van der Waals surface area contributed by atoms with Crippen LogP contribution in [0.15, 0.2) is 0 Å². The van der Waals surface area contributed by atoms with Gasteiger partial charge < -0.3 is 13.6 Å². The molecule has 11 heavy (non-hydrogen) atoms. The van der Waals surface area contributed by atoms with E-state index in [1.54, 1.807) is 7.11 Å². The van der Waals surface area contributed by atoms with Crippen LogP contribution in [0.4, 0.5) is 0 Å². The third-order valence-electron chi connectivity index (χ3n) is 1.52. The zero-order valence-corrected chi connectivity index (χ0v) is 8.35. The maximum Gasteiger partial charge on any atom is 0.333 e. The minimum atomic E-state index is -1.10. The molecule has 0 N–H and O–H groups in total. The molecule has 0 bridgehead atoms. The van der Waals surface area contributed by atoms with Gasteiger partial charge in [0.2, 0.25) is 0 Å². The maximum absolute atomic E-state index is 5.51. The molecule has 1 fully saturated rings. The third-order valence-corrected chi connectivity index (χ3v) is 2.99. The molecule has 0 saturated carbocycles. The molecular weight excluding hydrogens is 163 g/mol. The number of hydrogen-bond donors (Lipinski definition) is 0. The predicted octanol–water partition coefficient (Wildman–Crippen LogP) is 2.46. The molecule has 1 heterocycles. The van der Waals surface area contributed by atoms with Crippen LogP contribution in [-0.4, -0.2) is 18.8 Å². The Morgan fingerprint density at radius 2 is 2.18 bits per heavy atom. The summed E-state index contributed by atoms with van der Waals surface area (Å²) in [7, 11) is 0.514. The van der Waals surface area contributed by atoms with E-state index in [1.165, 1.54) is 0 Å². The predicted molar refractivity (Wildman–Crippen MR) is 44.3 cm³/mol. The van der Waals surface area contributed by atoms with Gasteiger partial charge in [0.05, 0.1) is 11.7 Å². The monoisotopic (exact) mass is 178 g/mol. The molecule has 0 aromatic heterocycles. The van der Waals surface area contributed by atoms with Gasteiger partial charge in [0.25, 0.3) is 0 Å². The highest BCUT2D eigenvalue weighted by atomic mass is 31.2. The van der Waals surface area contributed by atoms with Crippen molar-refractivity contribution in [3.8, 4) is 0 Å². The van der Waals surface area contributed by atoms with Gasteiger partial charge in [-0.1, -0.05) is 0 Å². The van der Waals surface area contributed by atoms with Crippen LogP contribution in [0.1, 0.15) is 27.2 Å². The highest BCUT2D eigenvalue weighted by molar-refractivity contribution is 7.41. The molecule has 2 atom stereocenters. The van der Waals surface area contributed by atoms with Crippen LogP contribution in [0, 0.1) is 0 Å². The lowest BCUT2D eigenvalue weighted by atomic mass is 10.0. The van der Waals surface area contributed by atoms with Gasteiger partial charge in [-0.2, -0.15) is 0 Å². The third kappa shape index (κ3) is 2.68. The van der Waals surface area contributed by atoms with E-state index in [4.69, 9.17) is 13.6 Å². The van der Waals surface area contributed by atoms with Crippen molar-refractivity contribution in [1.29, 1.82) is 0 Å². The Bertz CT molecular complexity index is 138. The van der Waals surface area contributed by atoms with E-state index >= 15 is 0 Å². The molecular formula is C7H15O3P. The summed E-state index contributed by atoms with van der Waals surface area (Å²) in [6, 6.07) is 0. The molecule has 3 nitrogen and oxygen atoms in total. The Kier molecular flexibility index (Phi) is 2.87. The van der Waals surface area contributed by atoms with Crippen molar-refractivity contribution in [3.63, 3.8) is 0 Å². The average molecular weight is 178 g/mol. The van der Waals surface area contributed by atoms with E-state index in [1.807, 2.05) is 6.92 Å². The molecule has 1 rings (SSSR count). The van der Waals surface area contributed by atoms with Crippen molar-refractivity contribution in [2.75, 3.05) is 7.11 Å². The first kappa shape index (κ1) is 9.40. The van der Waals surface area contributed by atoms with E-state index in [9.17, 15) is 0 Å². The quantitative estimate of drug-likeness (QED) is 0.577. The first-order valence-corrected chi connectivity index (χ1v) is 4.83. The normalized spacial score (nSPS) is 37.1. The minimum absolute atomic E-state index is 0.0978. The molecule has 0 aromatic carbocycles. The molecule has 0 radical (unpaired) electrons. The van der Waals surface area contributed by atoms with E-state index in [-0.39, 0.29) is 11.7 Å². The second-order valence-corrected chi connectivity index (χ2v) is 4.58. The molecule has 1 saturated heterocycles. The molecule has 0 amide bonds. The van der Waals surface area contributed by atoms with Crippen molar-refractivity contribution in [2.24, 2.45) is 0 Å². The summed E-state index contributed by atoms with van der Waals surface area (Å²) in [5.41, 5.74) is -0.0978. The summed E-state index contributed by atoms with van der Waals surface area (Å²) in [6.45, 7) is 6.15. The minimum Gasteiger partial charge on any atom is -0.316 e. The number of rotatable bonds is 1. The first-order valence-electron chi connectivity index (χ1n) is 3.73. The second-order valence-electron chi connectivity index (χ2n) is 3.38. The van der Waals surface area contributed by atoms with Crippen LogP contribution in [0.25, 0.3) is 0 Å². The standard InChI is InChI=1S/C7H15O3P/c1-6-5-7(2,3)10-11(8-4)9-6/h6H,5H2,1-4H3/t6-,11+/m1/s1. The van der Waals surface area contributed by atoms with Gasteiger partial charge in [0, 0.05) is 13.5 Å². The summed E-state index contributed by atoms with van der Waals surface area (Å²) >= 11 is 0. The lowest BCUT2D eigenvalue weighted by Crippen LogP contribution is -2.33. The van der Waals surface area contributed by atoms with Crippen LogP contribution < -0.4 is 0 Å². The molecule has 0 aromatic rings. The zero-order chi connectivity index (χ0) is 8.48. The lowest BCUT2D eigenvalue weighted by Gasteiger charge is -2.36. The summed E-state index contributed by atoms with van der Waals surface area (Å²) < 4.78 is 15.9. The van der Waals surface area contributed by atoms with E-state index < -0.39 is 8.60 Å². The Balaban J connectivity index is 2.51. The maximum atomic E-state index is 5.51. The summed E-state index contributed by atoms with van der Waals surface area (Å²) in [5.74, 6) is 0. The summed E-state index contributed by atoms with van der Waals surface area (Å²) in [5, 5.41) is 0. The highest BCUT2D eigenvalue weighted by Crippen LogP contribution is 2.50. The van der Waals surface area contributed by atoms with Crippen molar-refractivity contribution in [2.45, 2.75) is 38.9 Å². The molecule has 4 heteroatoms. The Hall–Kier alpha value is 0.310. The molecule has 0 aliphatic carbocycles. The molecule has 1 aliphatic heterocycles. The molecule has 66 valence electrons. The van der Waals surface area contributed by atoms with Gasteiger partial charge in [0.15, 0.2) is 0 Å². The van der Waals surface area contributed by atoms with Crippen molar-refractivity contribution in [1.82, 2.24) is 0 Å². The lowest BCUT2D eigenvalue weighted by molar-refractivity contribution is -0.0195. The first-order chi connectivity index (χ1) is 5.03. The van der Waals surface area contributed by atoms with Gasteiger partial charge in [0.1, 0.15) is 0 Å². The van der Waals surface area contributed by atoms with Crippen molar-refractivity contribution in [3.05, 3.63) is 0 Å². The van der Waals surface area contributed by atoms with Crippen LogP contribution >= 0.6 is 8.60 Å². The van der Waals surface area contributed by atoms with Crippen LogP contribution in [0.5, 0.6) is 0 Å². The van der Waals surface area contributed by atoms with Crippen LogP contribution in [0.3, 0.4) is 0 Å². The van der Waals surface area contributed by atoms with Gasteiger partial charge >= 0.3 is 8.60 Å². The molecule has 0 unspecified atom stereocenters. The number of hydrogen-bond acceptors (Lipinski definition) is 3. The Morgan fingerprint density at radius 1 is 1.55 bits per heavy atom. The Morgan fingerprint density at radius 3 is 2.64 bits per heavy atom. The topological polar surface area (TPSA) is 27.7 Å². The van der Waals surface area contributed by atoms with Crippen LogP contribution in [-0.2, 0) is 13.6 Å². The Labute approximate surface area is 69.0 Å². The smallest absolute Gasteiger partial charge is 0.316 e. The van der Waals surface area contributed by atoms with Gasteiger partial charge in [-0.3, -0.25) is 0 Å².